The lowest BCUT2D eigenvalue weighted by atomic mass is 9.96. The predicted octanol–water partition coefficient (Wildman–Crippen LogP) is 2.86. The van der Waals surface area contributed by atoms with Crippen LogP contribution in [0.5, 0.6) is 0 Å². The van der Waals surface area contributed by atoms with Gasteiger partial charge in [-0.05, 0) is 70.1 Å². The van der Waals surface area contributed by atoms with Crippen LogP contribution in [0.2, 0.25) is 0 Å². The van der Waals surface area contributed by atoms with Gasteiger partial charge in [0, 0.05) is 35.6 Å². The summed E-state index contributed by atoms with van der Waals surface area (Å²) in [6.07, 6.45) is 4.98. The molecule has 1 aliphatic carbocycles. The van der Waals surface area contributed by atoms with E-state index in [1.54, 1.807) is 34.6 Å². The quantitative estimate of drug-likeness (QED) is 0.687. The zero-order valence-electron chi connectivity index (χ0n) is 18.5. The molecule has 5 rings (SSSR count). The number of carbonyl (C=O) groups is 1. The lowest BCUT2D eigenvalue weighted by molar-refractivity contribution is 0.0900. The molecule has 0 spiro atoms. The predicted molar refractivity (Wildman–Crippen MR) is 118 cm³/mol. The van der Waals surface area contributed by atoms with E-state index in [4.69, 9.17) is 10.3 Å². The van der Waals surface area contributed by atoms with E-state index in [1.807, 2.05) is 13.8 Å². The highest BCUT2D eigenvalue weighted by molar-refractivity contribution is 7.89. The normalized spacial score (nSPS) is 26.3. The standard InChI is InChI=1S/C23H30N4O4S/c1-23(2,24)15-5-9-19(10-6-15)32(29,30)27-17-7-8-18(27)12-16(11-17)25-22(28)20-13-21(31-26-20)14-3-4-14/h5-6,9-10,13-14,16-18H,3-4,7-8,11-12,24H2,1-2H3,(H,25,28). The van der Waals surface area contributed by atoms with Gasteiger partial charge in [-0.3, -0.25) is 4.79 Å². The molecule has 3 heterocycles. The number of hydrogen-bond donors (Lipinski definition) is 2. The van der Waals surface area contributed by atoms with E-state index < -0.39 is 15.6 Å². The topological polar surface area (TPSA) is 119 Å². The molecule has 3 N–H and O–H groups in total. The molecule has 3 fully saturated rings. The van der Waals surface area contributed by atoms with Crippen molar-refractivity contribution >= 4 is 15.9 Å². The fourth-order valence-electron chi connectivity index (χ4n) is 5.04. The van der Waals surface area contributed by atoms with Crippen molar-refractivity contribution in [3.63, 3.8) is 0 Å². The van der Waals surface area contributed by atoms with Gasteiger partial charge >= 0.3 is 0 Å². The Morgan fingerprint density at radius 2 is 1.75 bits per heavy atom. The van der Waals surface area contributed by atoms with Crippen LogP contribution in [0.15, 0.2) is 39.8 Å². The highest BCUT2D eigenvalue weighted by Gasteiger charge is 2.47. The summed E-state index contributed by atoms with van der Waals surface area (Å²) < 4.78 is 33.8. The van der Waals surface area contributed by atoms with E-state index in [0.717, 1.165) is 37.0 Å². The molecule has 2 aromatic rings. The molecule has 2 saturated heterocycles. The number of rotatable bonds is 6. The monoisotopic (exact) mass is 458 g/mol. The second kappa shape index (κ2) is 7.67. The Morgan fingerprint density at radius 3 is 2.31 bits per heavy atom. The molecular weight excluding hydrogens is 428 g/mol. The maximum absolute atomic E-state index is 13.4. The second-order valence-corrected chi connectivity index (χ2v) is 11.8. The summed E-state index contributed by atoms with van der Waals surface area (Å²) in [6, 6.07) is 8.29. The number of amides is 1. The number of aromatic nitrogens is 1. The molecular formula is C23H30N4O4S. The van der Waals surface area contributed by atoms with Gasteiger partial charge in [0.15, 0.2) is 5.69 Å². The molecule has 1 aromatic carbocycles. The van der Waals surface area contributed by atoms with Crippen molar-refractivity contribution in [3.05, 3.63) is 47.3 Å². The molecule has 1 aromatic heterocycles. The first kappa shape index (κ1) is 21.6. The molecule has 0 radical (unpaired) electrons. The van der Waals surface area contributed by atoms with Crippen LogP contribution in [0.25, 0.3) is 0 Å². The van der Waals surface area contributed by atoms with Crippen LogP contribution >= 0.6 is 0 Å². The molecule has 8 nitrogen and oxygen atoms in total. The van der Waals surface area contributed by atoms with Crippen molar-refractivity contribution in [1.82, 2.24) is 14.8 Å². The van der Waals surface area contributed by atoms with Gasteiger partial charge < -0.3 is 15.6 Å². The lowest BCUT2D eigenvalue weighted by Crippen LogP contribution is -2.52. The van der Waals surface area contributed by atoms with E-state index in [2.05, 4.69) is 10.5 Å². The minimum Gasteiger partial charge on any atom is -0.360 e. The zero-order chi connectivity index (χ0) is 22.7. The average Bonchev–Trinajstić information content (AvgIpc) is 3.39. The van der Waals surface area contributed by atoms with Crippen molar-refractivity contribution in [1.29, 1.82) is 0 Å². The Kier molecular flexibility index (Phi) is 5.18. The molecule has 172 valence electrons. The third kappa shape index (κ3) is 3.97. The second-order valence-electron chi connectivity index (χ2n) is 10.00. The van der Waals surface area contributed by atoms with Crippen molar-refractivity contribution in [3.8, 4) is 0 Å². The van der Waals surface area contributed by atoms with Crippen LogP contribution in [0.1, 0.15) is 80.1 Å². The number of nitrogens with one attached hydrogen (secondary N) is 1. The molecule has 1 saturated carbocycles. The Balaban J connectivity index is 1.27. The van der Waals surface area contributed by atoms with Gasteiger partial charge in [-0.25, -0.2) is 8.42 Å². The first-order valence-corrected chi connectivity index (χ1v) is 12.8. The maximum atomic E-state index is 13.4. The molecule has 3 aliphatic rings. The molecule has 9 heteroatoms. The highest BCUT2D eigenvalue weighted by atomic mass is 32.2. The first-order chi connectivity index (χ1) is 15.1. The smallest absolute Gasteiger partial charge is 0.273 e. The van der Waals surface area contributed by atoms with Crippen LogP contribution in [-0.2, 0) is 15.6 Å². The number of nitrogens with two attached hydrogens (primary N) is 1. The van der Waals surface area contributed by atoms with Gasteiger partial charge in [0.2, 0.25) is 10.0 Å². The average molecular weight is 459 g/mol. The van der Waals surface area contributed by atoms with E-state index in [0.29, 0.717) is 29.3 Å². The van der Waals surface area contributed by atoms with E-state index in [1.165, 1.54) is 0 Å². The summed E-state index contributed by atoms with van der Waals surface area (Å²) in [5.74, 6) is 0.930. The Labute approximate surface area is 188 Å². The number of hydrogen-bond acceptors (Lipinski definition) is 6. The summed E-state index contributed by atoms with van der Waals surface area (Å²) >= 11 is 0. The van der Waals surface area contributed by atoms with Crippen molar-refractivity contribution in [2.24, 2.45) is 5.73 Å². The van der Waals surface area contributed by atoms with Crippen molar-refractivity contribution in [2.45, 2.75) is 86.9 Å². The highest BCUT2D eigenvalue weighted by Crippen LogP contribution is 2.41. The largest absolute Gasteiger partial charge is 0.360 e. The molecule has 2 bridgehead atoms. The molecule has 2 unspecified atom stereocenters. The number of sulfonamides is 1. The Bertz CT molecular complexity index is 1100. The van der Waals surface area contributed by atoms with Gasteiger partial charge in [-0.2, -0.15) is 4.31 Å². The van der Waals surface area contributed by atoms with Crippen molar-refractivity contribution in [2.75, 3.05) is 0 Å². The lowest BCUT2D eigenvalue weighted by Gasteiger charge is -2.38. The minimum absolute atomic E-state index is 0.0760. The van der Waals surface area contributed by atoms with Gasteiger partial charge in [0.05, 0.1) is 4.90 Å². The Hall–Kier alpha value is -2.23. The SMILES string of the molecule is CC(C)(N)c1ccc(S(=O)(=O)N2C3CCC2CC(NC(=O)c2cc(C4CC4)on2)C3)cc1. The van der Waals surface area contributed by atoms with E-state index in [-0.39, 0.29) is 24.0 Å². The summed E-state index contributed by atoms with van der Waals surface area (Å²) in [5.41, 5.74) is 6.79. The third-order valence-corrected chi connectivity index (χ3v) is 8.94. The van der Waals surface area contributed by atoms with Gasteiger partial charge in [-0.15, -0.1) is 0 Å². The number of piperidine rings is 1. The molecule has 2 atom stereocenters. The van der Waals surface area contributed by atoms with Crippen LogP contribution in [0.3, 0.4) is 0 Å². The van der Waals surface area contributed by atoms with E-state index in [9.17, 15) is 13.2 Å². The van der Waals surface area contributed by atoms with Gasteiger partial charge in [0.1, 0.15) is 5.76 Å². The summed E-state index contributed by atoms with van der Waals surface area (Å²) in [6.45, 7) is 3.78. The molecule has 1 amide bonds. The van der Waals surface area contributed by atoms with Crippen LogP contribution < -0.4 is 11.1 Å². The minimum atomic E-state index is -3.61. The van der Waals surface area contributed by atoms with Gasteiger partial charge in [-0.1, -0.05) is 17.3 Å². The molecule has 2 aliphatic heterocycles. The number of carbonyl (C=O) groups excluding carboxylic acids is 1. The van der Waals surface area contributed by atoms with Gasteiger partial charge in [0.25, 0.3) is 5.91 Å². The summed E-state index contributed by atoms with van der Waals surface area (Å²) in [5, 5.41) is 6.96. The fraction of sp³-hybridized carbons (Fsp3) is 0.565. The number of fused-ring (bicyclic) bond motifs is 2. The van der Waals surface area contributed by atoms with E-state index >= 15 is 0 Å². The third-order valence-electron chi connectivity index (χ3n) is 6.92. The maximum Gasteiger partial charge on any atom is 0.273 e. The van der Waals surface area contributed by atoms with Crippen molar-refractivity contribution < 1.29 is 17.7 Å². The van der Waals surface area contributed by atoms with Crippen LogP contribution in [0, 0.1) is 0 Å². The number of benzene rings is 1. The first-order valence-electron chi connectivity index (χ1n) is 11.3. The Morgan fingerprint density at radius 1 is 1.12 bits per heavy atom. The van der Waals surface area contributed by atoms with Crippen LogP contribution in [-0.4, -0.2) is 41.9 Å². The summed E-state index contributed by atoms with van der Waals surface area (Å²) in [4.78, 5) is 12.9. The number of nitrogens with zero attached hydrogens (tertiary/aromatic N) is 2. The molecule has 32 heavy (non-hydrogen) atoms. The summed E-state index contributed by atoms with van der Waals surface area (Å²) in [7, 11) is -3.61. The zero-order valence-corrected chi connectivity index (χ0v) is 19.3. The van der Waals surface area contributed by atoms with Crippen LogP contribution in [0.4, 0.5) is 0 Å². The fourth-order valence-corrected chi connectivity index (χ4v) is 6.93.